The van der Waals surface area contributed by atoms with E-state index in [1.54, 1.807) is 0 Å². The SMILES string of the molecule is CC(C)(C#N)c1ccccc1CN. The van der Waals surface area contributed by atoms with Gasteiger partial charge in [-0.2, -0.15) is 5.26 Å². The summed E-state index contributed by atoms with van der Waals surface area (Å²) in [5, 5.41) is 8.98. The number of nitriles is 1. The highest BCUT2D eigenvalue weighted by Gasteiger charge is 2.21. The van der Waals surface area contributed by atoms with Crippen molar-refractivity contribution in [2.45, 2.75) is 25.8 Å². The van der Waals surface area contributed by atoms with Gasteiger partial charge in [0.05, 0.1) is 11.5 Å². The third-order valence-electron chi connectivity index (χ3n) is 2.19. The Morgan fingerprint density at radius 2 is 2.00 bits per heavy atom. The highest BCUT2D eigenvalue weighted by Crippen LogP contribution is 2.25. The van der Waals surface area contributed by atoms with Gasteiger partial charge in [-0.05, 0) is 25.0 Å². The Hall–Kier alpha value is -1.33. The first-order chi connectivity index (χ1) is 6.11. The standard InChI is InChI=1S/C11H14N2/c1-11(2,8-13)10-6-4-3-5-9(10)7-12/h3-6H,7,12H2,1-2H3. The molecule has 0 radical (unpaired) electrons. The fraction of sp³-hybridized carbons (Fsp3) is 0.364. The number of benzene rings is 1. The minimum atomic E-state index is -0.448. The second kappa shape index (κ2) is 3.59. The summed E-state index contributed by atoms with van der Waals surface area (Å²) in [7, 11) is 0. The molecule has 0 amide bonds. The summed E-state index contributed by atoms with van der Waals surface area (Å²) < 4.78 is 0. The van der Waals surface area contributed by atoms with E-state index >= 15 is 0 Å². The molecule has 1 aromatic carbocycles. The molecule has 0 saturated heterocycles. The molecule has 0 atom stereocenters. The van der Waals surface area contributed by atoms with Crippen LogP contribution < -0.4 is 5.73 Å². The number of nitrogens with zero attached hydrogens (tertiary/aromatic N) is 1. The van der Waals surface area contributed by atoms with Crippen LogP contribution in [-0.2, 0) is 12.0 Å². The quantitative estimate of drug-likeness (QED) is 0.745. The van der Waals surface area contributed by atoms with Gasteiger partial charge in [0.25, 0.3) is 0 Å². The first-order valence-electron chi connectivity index (χ1n) is 4.31. The zero-order valence-corrected chi connectivity index (χ0v) is 8.04. The lowest BCUT2D eigenvalue weighted by atomic mass is 9.83. The fourth-order valence-electron chi connectivity index (χ4n) is 1.37. The molecule has 0 aliphatic carbocycles. The van der Waals surface area contributed by atoms with Gasteiger partial charge in [-0.3, -0.25) is 0 Å². The molecule has 68 valence electrons. The predicted molar refractivity (Wildman–Crippen MR) is 53.0 cm³/mol. The van der Waals surface area contributed by atoms with Crippen LogP contribution in [0, 0.1) is 11.3 Å². The van der Waals surface area contributed by atoms with Crippen molar-refractivity contribution in [3.63, 3.8) is 0 Å². The Morgan fingerprint density at radius 1 is 1.38 bits per heavy atom. The molecule has 0 unspecified atom stereocenters. The van der Waals surface area contributed by atoms with E-state index < -0.39 is 5.41 Å². The van der Waals surface area contributed by atoms with E-state index in [0.29, 0.717) is 6.54 Å². The molecule has 0 saturated carbocycles. The third kappa shape index (κ3) is 1.88. The van der Waals surface area contributed by atoms with Crippen LogP contribution in [0.5, 0.6) is 0 Å². The highest BCUT2D eigenvalue weighted by atomic mass is 14.5. The first kappa shape index (κ1) is 9.76. The van der Waals surface area contributed by atoms with Crippen molar-refractivity contribution in [3.8, 4) is 6.07 Å². The molecule has 0 spiro atoms. The van der Waals surface area contributed by atoms with Crippen LogP contribution in [-0.4, -0.2) is 0 Å². The van der Waals surface area contributed by atoms with Crippen molar-refractivity contribution in [1.29, 1.82) is 5.26 Å². The summed E-state index contributed by atoms with van der Waals surface area (Å²) in [6.07, 6.45) is 0. The molecular weight excluding hydrogens is 160 g/mol. The monoisotopic (exact) mass is 174 g/mol. The largest absolute Gasteiger partial charge is 0.326 e. The van der Waals surface area contributed by atoms with Crippen LogP contribution in [0.25, 0.3) is 0 Å². The molecule has 2 N–H and O–H groups in total. The Kier molecular flexibility index (Phi) is 2.69. The minimum Gasteiger partial charge on any atom is -0.326 e. The molecule has 1 rings (SSSR count). The molecule has 0 fully saturated rings. The van der Waals surface area contributed by atoms with Gasteiger partial charge in [0.1, 0.15) is 0 Å². The van der Waals surface area contributed by atoms with Gasteiger partial charge in [-0.15, -0.1) is 0 Å². The van der Waals surface area contributed by atoms with E-state index in [-0.39, 0.29) is 0 Å². The summed E-state index contributed by atoms with van der Waals surface area (Å²) in [6, 6.07) is 10.1. The molecule has 0 bridgehead atoms. The van der Waals surface area contributed by atoms with Crippen LogP contribution in [0.1, 0.15) is 25.0 Å². The Balaban J connectivity index is 3.22. The van der Waals surface area contributed by atoms with Crippen molar-refractivity contribution in [3.05, 3.63) is 35.4 Å². The average Bonchev–Trinajstić information content (AvgIpc) is 2.18. The first-order valence-corrected chi connectivity index (χ1v) is 4.31. The van der Waals surface area contributed by atoms with Crippen molar-refractivity contribution in [1.82, 2.24) is 0 Å². The van der Waals surface area contributed by atoms with Gasteiger partial charge in [0.2, 0.25) is 0 Å². The molecule has 2 nitrogen and oxygen atoms in total. The van der Waals surface area contributed by atoms with Gasteiger partial charge in [-0.1, -0.05) is 24.3 Å². The van der Waals surface area contributed by atoms with Crippen LogP contribution in [0.2, 0.25) is 0 Å². The number of rotatable bonds is 2. The predicted octanol–water partition coefficient (Wildman–Crippen LogP) is 1.95. The summed E-state index contributed by atoms with van der Waals surface area (Å²) in [4.78, 5) is 0. The molecule has 1 aromatic rings. The summed E-state index contributed by atoms with van der Waals surface area (Å²) in [5.41, 5.74) is 7.22. The zero-order chi connectivity index (χ0) is 9.90. The van der Waals surface area contributed by atoms with Crippen LogP contribution in [0.3, 0.4) is 0 Å². The fourth-order valence-corrected chi connectivity index (χ4v) is 1.37. The van der Waals surface area contributed by atoms with E-state index in [0.717, 1.165) is 11.1 Å². The van der Waals surface area contributed by atoms with Crippen LogP contribution >= 0.6 is 0 Å². The zero-order valence-electron chi connectivity index (χ0n) is 8.04. The van der Waals surface area contributed by atoms with Crippen molar-refractivity contribution >= 4 is 0 Å². The topological polar surface area (TPSA) is 49.8 Å². The van der Waals surface area contributed by atoms with E-state index in [1.807, 2.05) is 38.1 Å². The Morgan fingerprint density at radius 3 is 2.54 bits per heavy atom. The van der Waals surface area contributed by atoms with E-state index in [9.17, 15) is 0 Å². The lowest BCUT2D eigenvalue weighted by molar-refractivity contribution is 0.675. The van der Waals surface area contributed by atoms with Gasteiger partial charge in [0, 0.05) is 6.54 Å². The maximum atomic E-state index is 8.98. The summed E-state index contributed by atoms with van der Waals surface area (Å²) in [6.45, 7) is 4.30. The van der Waals surface area contributed by atoms with Crippen molar-refractivity contribution in [2.75, 3.05) is 0 Å². The van der Waals surface area contributed by atoms with E-state index in [2.05, 4.69) is 6.07 Å². The summed E-state index contributed by atoms with van der Waals surface area (Å²) >= 11 is 0. The molecule has 0 aromatic heterocycles. The van der Waals surface area contributed by atoms with Gasteiger partial charge >= 0.3 is 0 Å². The lowest BCUT2D eigenvalue weighted by Crippen LogP contribution is -2.17. The second-order valence-corrected chi connectivity index (χ2v) is 3.60. The van der Waals surface area contributed by atoms with Crippen molar-refractivity contribution < 1.29 is 0 Å². The van der Waals surface area contributed by atoms with Crippen molar-refractivity contribution in [2.24, 2.45) is 5.73 Å². The molecule has 0 aliphatic rings. The van der Waals surface area contributed by atoms with Gasteiger partial charge < -0.3 is 5.73 Å². The Bertz CT molecular complexity index is 334. The van der Waals surface area contributed by atoms with Gasteiger partial charge in [-0.25, -0.2) is 0 Å². The van der Waals surface area contributed by atoms with Crippen LogP contribution in [0.4, 0.5) is 0 Å². The maximum absolute atomic E-state index is 8.98. The normalized spacial score (nSPS) is 10.9. The second-order valence-electron chi connectivity index (χ2n) is 3.60. The highest BCUT2D eigenvalue weighted by molar-refractivity contribution is 5.37. The lowest BCUT2D eigenvalue weighted by Gasteiger charge is -2.19. The van der Waals surface area contributed by atoms with Gasteiger partial charge in [0.15, 0.2) is 0 Å². The summed E-state index contributed by atoms with van der Waals surface area (Å²) in [5.74, 6) is 0. The number of hydrogen-bond acceptors (Lipinski definition) is 2. The Labute approximate surface area is 79.0 Å². The molecular formula is C11H14N2. The van der Waals surface area contributed by atoms with E-state index in [1.165, 1.54) is 0 Å². The number of hydrogen-bond donors (Lipinski definition) is 1. The van der Waals surface area contributed by atoms with Crippen LogP contribution in [0.15, 0.2) is 24.3 Å². The molecule has 13 heavy (non-hydrogen) atoms. The smallest absolute Gasteiger partial charge is 0.0769 e. The average molecular weight is 174 g/mol. The number of nitrogens with two attached hydrogens (primary N) is 1. The molecule has 0 aliphatic heterocycles. The molecule has 2 heteroatoms. The molecule has 0 heterocycles. The minimum absolute atomic E-state index is 0.448. The maximum Gasteiger partial charge on any atom is 0.0769 e. The van der Waals surface area contributed by atoms with E-state index in [4.69, 9.17) is 11.0 Å². The third-order valence-corrected chi connectivity index (χ3v) is 2.19.